The summed E-state index contributed by atoms with van der Waals surface area (Å²) in [6.45, 7) is 5.90. The highest BCUT2D eigenvalue weighted by atomic mass is 19.1. The number of rotatable bonds is 8. The number of carbonyl (C=O) groups excluding carboxylic acids is 3. The Morgan fingerprint density at radius 3 is 2.32 bits per heavy atom. The molecule has 0 aromatic heterocycles. The van der Waals surface area contributed by atoms with Gasteiger partial charge in [0, 0.05) is 67.6 Å². The van der Waals surface area contributed by atoms with E-state index in [4.69, 9.17) is 4.74 Å². The highest BCUT2D eigenvalue weighted by Gasteiger charge is 2.37. The molecule has 2 aliphatic heterocycles. The topological polar surface area (TPSA) is 113 Å². The first-order chi connectivity index (χ1) is 21.2. The third-order valence-corrected chi connectivity index (χ3v) is 8.10. The van der Waals surface area contributed by atoms with Crippen molar-refractivity contribution in [1.29, 1.82) is 0 Å². The van der Waals surface area contributed by atoms with Gasteiger partial charge in [0.1, 0.15) is 5.82 Å². The summed E-state index contributed by atoms with van der Waals surface area (Å²) < 4.78 is 18.9. The van der Waals surface area contributed by atoms with Crippen molar-refractivity contribution in [2.45, 2.75) is 32.7 Å². The Morgan fingerprint density at radius 2 is 1.68 bits per heavy atom. The number of nitrogens with zero attached hydrogens (tertiary/aromatic N) is 4. The highest BCUT2D eigenvalue weighted by Crippen LogP contribution is 2.38. The van der Waals surface area contributed by atoms with E-state index in [0.29, 0.717) is 48.6 Å². The first kappa shape index (κ1) is 30.4. The van der Waals surface area contributed by atoms with Crippen molar-refractivity contribution in [3.63, 3.8) is 0 Å². The summed E-state index contributed by atoms with van der Waals surface area (Å²) in [5.41, 5.74) is 3.60. The summed E-state index contributed by atoms with van der Waals surface area (Å²) in [6.07, 6.45) is 0.0226. The Bertz CT molecular complexity index is 1600. The fourth-order valence-corrected chi connectivity index (χ4v) is 5.78. The Labute approximate surface area is 254 Å². The lowest BCUT2D eigenvalue weighted by molar-refractivity contribution is -0.384. The summed E-state index contributed by atoms with van der Waals surface area (Å²) in [7, 11) is 0. The van der Waals surface area contributed by atoms with Crippen LogP contribution in [-0.4, -0.2) is 65.3 Å². The zero-order chi connectivity index (χ0) is 31.4. The summed E-state index contributed by atoms with van der Waals surface area (Å²) in [6, 6.07) is 19.3. The van der Waals surface area contributed by atoms with Gasteiger partial charge < -0.3 is 19.4 Å². The third kappa shape index (κ3) is 6.46. The number of hydrogen-bond donors (Lipinski definition) is 0. The molecular weight excluding hydrogens is 567 g/mol. The molecule has 1 saturated heterocycles. The van der Waals surface area contributed by atoms with Crippen molar-refractivity contribution in [1.82, 2.24) is 9.80 Å². The zero-order valence-electron chi connectivity index (χ0n) is 24.6. The van der Waals surface area contributed by atoms with Gasteiger partial charge >= 0.3 is 5.97 Å². The molecule has 5 rings (SSSR count). The minimum absolute atomic E-state index is 0.0226. The molecule has 2 aliphatic rings. The Morgan fingerprint density at radius 1 is 1.00 bits per heavy atom. The van der Waals surface area contributed by atoms with Crippen molar-refractivity contribution in [3.8, 4) is 0 Å². The number of hydrogen-bond acceptors (Lipinski definition) is 7. The van der Waals surface area contributed by atoms with Crippen LogP contribution in [0.4, 0.5) is 15.8 Å². The van der Waals surface area contributed by atoms with Crippen LogP contribution in [0.25, 0.3) is 0 Å². The van der Waals surface area contributed by atoms with E-state index in [-0.39, 0.29) is 37.1 Å². The van der Waals surface area contributed by atoms with E-state index in [1.807, 2.05) is 6.07 Å². The van der Waals surface area contributed by atoms with Crippen LogP contribution in [0.1, 0.15) is 47.7 Å². The quantitative estimate of drug-likeness (QED) is 0.202. The van der Waals surface area contributed by atoms with Gasteiger partial charge in [0.2, 0.25) is 5.91 Å². The van der Waals surface area contributed by atoms with Crippen LogP contribution >= 0.6 is 0 Å². The predicted octanol–water partition coefficient (Wildman–Crippen LogP) is 5.05. The Balaban J connectivity index is 1.30. The van der Waals surface area contributed by atoms with E-state index in [1.165, 1.54) is 24.3 Å². The molecule has 0 aliphatic carbocycles. The summed E-state index contributed by atoms with van der Waals surface area (Å²) >= 11 is 0. The monoisotopic (exact) mass is 600 g/mol. The SMILES string of the molecule is CCOC(=O)C1=C(C)N(Cc2cccc(C(=O)N3CCN(c4ccc([N+](=O)[O-])cc4)CC3)c2)C(=O)CC1c1ccc(F)cc1. The maximum absolute atomic E-state index is 13.6. The molecule has 3 aromatic carbocycles. The molecule has 0 radical (unpaired) electrons. The summed E-state index contributed by atoms with van der Waals surface area (Å²) in [4.78, 5) is 55.8. The van der Waals surface area contributed by atoms with E-state index in [2.05, 4.69) is 4.90 Å². The molecular formula is C33H33FN4O6. The van der Waals surface area contributed by atoms with Gasteiger partial charge in [-0.15, -0.1) is 0 Å². The number of allylic oxidation sites excluding steroid dienone is 1. The van der Waals surface area contributed by atoms with E-state index in [1.54, 1.807) is 66.1 Å². The first-order valence-corrected chi connectivity index (χ1v) is 14.5. The van der Waals surface area contributed by atoms with E-state index in [9.17, 15) is 28.9 Å². The number of nitro groups is 1. The van der Waals surface area contributed by atoms with E-state index in [0.717, 1.165) is 11.3 Å². The lowest BCUT2D eigenvalue weighted by Crippen LogP contribution is -2.48. The van der Waals surface area contributed by atoms with Gasteiger partial charge in [-0.25, -0.2) is 9.18 Å². The van der Waals surface area contributed by atoms with Crippen LogP contribution < -0.4 is 4.90 Å². The smallest absolute Gasteiger partial charge is 0.336 e. The number of piperazine rings is 1. The first-order valence-electron chi connectivity index (χ1n) is 14.5. The second kappa shape index (κ2) is 13.1. The molecule has 1 atom stereocenters. The van der Waals surface area contributed by atoms with Gasteiger partial charge in [0.05, 0.1) is 23.6 Å². The average Bonchev–Trinajstić information content (AvgIpc) is 3.03. The standard InChI is InChI=1S/C33H33FN4O6/c1-3-44-33(41)31-22(2)37(30(39)20-29(31)24-7-9-26(34)10-8-24)21-23-5-4-6-25(19-23)32(40)36-17-15-35(16-18-36)27-11-13-28(14-12-27)38(42)43/h4-14,19,29H,3,15-18,20-21H2,1-2H3. The van der Waals surface area contributed by atoms with E-state index >= 15 is 0 Å². The Kier molecular flexibility index (Phi) is 9.03. The van der Waals surface area contributed by atoms with Gasteiger partial charge in [-0.1, -0.05) is 24.3 Å². The number of anilines is 1. The minimum atomic E-state index is -0.559. The molecule has 1 unspecified atom stereocenters. The lowest BCUT2D eigenvalue weighted by atomic mass is 9.83. The maximum Gasteiger partial charge on any atom is 0.336 e. The average molecular weight is 601 g/mol. The van der Waals surface area contributed by atoms with Crippen LogP contribution in [-0.2, 0) is 20.9 Å². The van der Waals surface area contributed by atoms with Gasteiger partial charge in [0.15, 0.2) is 0 Å². The molecule has 0 saturated carbocycles. The number of amides is 2. The number of benzene rings is 3. The van der Waals surface area contributed by atoms with E-state index < -0.39 is 22.6 Å². The highest BCUT2D eigenvalue weighted by molar-refractivity contribution is 5.96. The number of nitro benzene ring substituents is 1. The van der Waals surface area contributed by atoms with Gasteiger partial charge in [-0.2, -0.15) is 0 Å². The summed E-state index contributed by atoms with van der Waals surface area (Å²) in [5.74, 6) is -1.80. The molecule has 11 heteroatoms. The number of halogens is 1. The minimum Gasteiger partial charge on any atom is -0.463 e. The van der Waals surface area contributed by atoms with Crippen molar-refractivity contribution >= 4 is 29.2 Å². The fourth-order valence-electron chi connectivity index (χ4n) is 5.78. The fraction of sp³-hybridized carbons (Fsp3) is 0.303. The van der Waals surface area contributed by atoms with Gasteiger partial charge in [0.25, 0.3) is 11.6 Å². The molecule has 0 bridgehead atoms. The number of ether oxygens (including phenoxy) is 1. The molecule has 10 nitrogen and oxygen atoms in total. The molecule has 44 heavy (non-hydrogen) atoms. The molecule has 228 valence electrons. The molecule has 0 spiro atoms. The number of esters is 1. The molecule has 2 heterocycles. The van der Waals surface area contributed by atoms with Crippen molar-refractivity contribution in [2.75, 3.05) is 37.7 Å². The molecule has 3 aromatic rings. The maximum atomic E-state index is 13.6. The van der Waals surface area contributed by atoms with Crippen LogP contribution in [0, 0.1) is 15.9 Å². The largest absolute Gasteiger partial charge is 0.463 e. The molecule has 2 amide bonds. The predicted molar refractivity (Wildman–Crippen MR) is 161 cm³/mol. The second-order valence-electron chi connectivity index (χ2n) is 10.8. The summed E-state index contributed by atoms with van der Waals surface area (Å²) in [5, 5.41) is 10.9. The van der Waals surface area contributed by atoms with Crippen molar-refractivity contribution in [2.24, 2.45) is 0 Å². The third-order valence-electron chi connectivity index (χ3n) is 8.10. The normalized spacial score (nSPS) is 17.1. The number of carbonyl (C=O) groups is 3. The second-order valence-corrected chi connectivity index (χ2v) is 10.8. The molecule has 0 N–H and O–H groups in total. The van der Waals surface area contributed by atoms with Crippen molar-refractivity contribution in [3.05, 3.63) is 117 Å². The Hall–Kier alpha value is -5.06. The molecule has 1 fully saturated rings. The van der Waals surface area contributed by atoms with Crippen LogP contribution in [0.2, 0.25) is 0 Å². The zero-order valence-corrected chi connectivity index (χ0v) is 24.6. The van der Waals surface area contributed by atoms with Crippen LogP contribution in [0.3, 0.4) is 0 Å². The van der Waals surface area contributed by atoms with Crippen LogP contribution in [0.15, 0.2) is 84.1 Å². The van der Waals surface area contributed by atoms with Gasteiger partial charge in [-0.3, -0.25) is 19.7 Å². The van der Waals surface area contributed by atoms with Gasteiger partial charge in [-0.05, 0) is 61.4 Å². The van der Waals surface area contributed by atoms with Crippen molar-refractivity contribution < 1.29 is 28.4 Å². The number of non-ortho nitro benzene ring substituents is 1. The van der Waals surface area contributed by atoms with Crippen LogP contribution in [0.5, 0.6) is 0 Å². The lowest BCUT2D eigenvalue weighted by Gasteiger charge is -2.36.